The van der Waals surface area contributed by atoms with Crippen LogP contribution >= 0.6 is 11.6 Å². The highest BCUT2D eigenvalue weighted by molar-refractivity contribution is 6.31. The molecule has 0 aromatic carbocycles. The lowest BCUT2D eigenvalue weighted by Gasteiger charge is -2.01. The maximum Gasteiger partial charge on any atom is 0.490 e. The topological polar surface area (TPSA) is 113 Å². The van der Waals surface area contributed by atoms with Crippen LogP contribution in [0.1, 0.15) is 5.69 Å². The van der Waals surface area contributed by atoms with Gasteiger partial charge in [0, 0.05) is 5.10 Å². The van der Waals surface area contributed by atoms with E-state index in [9.17, 15) is 10.1 Å². The molecule has 9 heteroatoms. The first-order chi connectivity index (χ1) is 8.06. The molecule has 0 unspecified atom stereocenters. The van der Waals surface area contributed by atoms with Gasteiger partial charge < -0.3 is 15.8 Å². The molecule has 0 atom stereocenters. The number of pyridine rings is 1. The normalized spacial score (nSPS) is 10.4. The molecule has 2 aromatic rings. The van der Waals surface area contributed by atoms with Crippen molar-refractivity contribution in [3.05, 3.63) is 39.3 Å². The first-order valence-corrected chi connectivity index (χ1v) is 4.89. The number of halogens is 1. The molecular weight excluding hydrogens is 248 g/mol. The van der Waals surface area contributed by atoms with Crippen molar-refractivity contribution in [3.63, 3.8) is 0 Å². The van der Waals surface area contributed by atoms with Crippen molar-refractivity contribution in [1.29, 1.82) is 0 Å². The third kappa shape index (κ3) is 2.48. The number of anilines is 1. The van der Waals surface area contributed by atoms with Crippen LogP contribution in [0.3, 0.4) is 0 Å². The Hall–Kier alpha value is -2.22. The number of rotatable bonds is 3. The van der Waals surface area contributed by atoms with Gasteiger partial charge in [0.05, 0.1) is 10.7 Å². The highest BCUT2D eigenvalue weighted by atomic mass is 35.5. The smallest absolute Gasteiger partial charge is 0.390 e. The molecular formula is C8H7ClN6O2. The lowest BCUT2D eigenvalue weighted by molar-refractivity contribution is -0.394. The number of nitrogens with two attached hydrogens (primary N) is 1. The molecule has 88 valence electrons. The molecule has 2 N–H and O–H groups in total. The molecule has 2 aromatic heterocycles. The maximum absolute atomic E-state index is 10.4. The maximum atomic E-state index is 10.4. The number of nitro groups is 1. The van der Waals surface area contributed by atoms with E-state index in [0.29, 0.717) is 16.5 Å². The Morgan fingerprint density at radius 2 is 2.29 bits per heavy atom. The average molecular weight is 255 g/mol. The van der Waals surface area contributed by atoms with Crippen molar-refractivity contribution in [2.24, 2.45) is 0 Å². The van der Waals surface area contributed by atoms with E-state index in [0.717, 1.165) is 0 Å². The van der Waals surface area contributed by atoms with E-state index in [1.165, 1.54) is 11.0 Å². The summed E-state index contributed by atoms with van der Waals surface area (Å²) in [5, 5.41) is 14.5. The Morgan fingerprint density at radius 1 is 1.53 bits per heavy atom. The van der Waals surface area contributed by atoms with Crippen LogP contribution < -0.4 is 5.73 Å². The quantitative estimate of drug-likeness (QED) is 0.642. The minimum atomic E-state index is -0.676. The van der Waals surface area contributed by atoms with Crippen LogP contribution in [0.25, 0.3) is 0 Å². The summed E-state index contributed by atoms with van der Waals surface area (Å²) in [6.07, 6.45) is 1.24. The molecule has 0 spiro atoms. The summed E-state index contributed by atoms with van der Waals surface area (Å²) in [5.74, 6) is -0.149. The fourth-order valence-electron chi connectivity index (χ4n) is 1.21. The van der Waals surface area contributed by atoms with Crippen LogP contribution in [0, 0.1) is 10.1 Å². The van der Waals surface area contributed by atoms with Crippen molar-refractivity contribution in [3.8, 4) is 0 Å². The Kier molecular flexibility index (Phi) is 2.88. The number of nitrogens with zero attached hydrogens (tertiary/aromatic N) is 5. The third-order valence-electron chi connectivity index (χ3n) is 1.94. The van der Waals surface area contributed by atoms with Gasteiger partial charge in [-0.1, -0.05) is 16.6 Å². The molecule has 0 radical (unpaired) electrons. The second-order valence-electron chi connectivity index (χ2n) is 3.16. The molecule has 0 amide bonds. The van der Waals surface area contributed by atoms with Gasteiger partial charge in [-0.3, -0.25) is 0 Å². The molecule has 17 heavy (non-hydrogen) atoms. The first kappa shape index (κ1) is 11.3. The second kappa shape index (κ2) is 4.34. The summed E-state index contributed by atoms with van der Waals surface area (Å²) in [6, 6.07) is 3.17. The van der Waals surface area contributed by atoms with Gasteiger partial charge in [-0.2, -0.15) is 4.68 Å². The lowest BCUT2D eigenvalue weighted by Crippen LogP contribution is -2.05. The summed E-state index contributed by atoms with van der Waals surface area (Å²) in [4.78, 5) is 17.2. The molecule has 0 aliphatic rings. The molecule has 2 rings (SSSR count). The highest BCUT2D eigenvalue weighted by Crippen LogP contribution is 2.16. The predicted octanol–water partition coefficient (Wildman–Crippen LogP) is 0.865. The number of nitrogen functional groups attached to an aromatic ring is 1. The second-order valence-corrected chi connectivity index (χ2v) is 3.57. The zero-order valence-electron chi connectivity index (χ0n) is 8.45. The molecule has 0 bridgehead atoms. The molecule has 0 aliphatic carbocycles. The molecule has 0 aliphatic heterocycles. The number of aromatic nitrogens is 4. The van der Waals surface area contributed by atoms with Crippen LogP contribution in [-0.4, -0.2) is 24.7 Å². The van der Waals surface area contributed by atoms with Crippen molar-refractivity contribution < 1.29 is 4.92 Å². The lowest BCUT2D eigenvalue weighted by atomic mass is 10.3. The Bertz CT molecular complexity index is 569. The Balaban J connectivity index is 2.25. The van der Waals surface area contributed by atoms with E-state index < -0.39 is 10.9 Å². The minimum absolute atomic E-state index is 0.171. The summed E-state index contributed by atoms with van der Waals surface area (Å²) >= 11 is 5.90. The van der Waals surface area contributed by atoms with E-state index in [4.69, 9.17) is 17.3 Å². The van der Waals surface area contributed by atoms with Gasteiger partial charge >= 0.3 is 5.95 Å². The fourth-order valence-corrected chi connectivity index (χ4v) is 1.38. The van der Waals surface area contributed by atoms with E-state index in [2.05, 4.69) is 15.1 Å². The molecule has 2 heterocycles. The van der Waals surface area contributed by atoms with E-state index >= 15 is 0 Å². The monoisotopic (exact) mass is 254 g/mol. The summed E-state index contributed by atoms with van der Waals surface area (Å²) in [6.45, 7) is 0.171. The predicted molar refractivity (Wildman–Crippen MR) is 59.4 cm³/mol. The van der Waals surface area contributed by atoms with E-state index in [1.807, 2.05) is 0 Å². The van der Waals surface area contributed by atoms with Crippen LogP contribution in [0.15, 0.2) is 18.5 Å². The van der Waals surface area contributed by atoms with Crippen molar-refractivity contribution in [2.75, 3.05) is 5.73 Å². The van der Waals surface area contributed by atoms with Gasteiger partial charge in [0.15, 0.2) is 0 Å². The van der Waals surface area contributed by atoms with Crippen LogP contribution in [0.5, 0.6) is 0 Å². The van der Waals surface area contributed by atoms with Crippen LogP contribution in [0.2, 0.25) is 5.02 Å². The molecule has 0 saturated heterocycles. The average Bonchev–Trinajstić information content (AvgIpc) is 2.72. The SMILES string of the molecule is Nc1ccc(Cl)c(Cn2cnc([N+](=O)[O-])n2)n1. The summed E-state index contributed by atoms with van der Waals surface area (Å²) < 4.78 is 1.27. The van der Waals surface area contributed by atoms with Crippen molar-refractivity contribution in [2.45, 2.75) is 6.54 Å². The zero-order valence-corrected chi connectivity index (χ0v) is 9.20. The van der Waals surface area contributed by atoms with Gasteiger partial charge in [0.1, 0.15) is 12.4 Å². The van der Waals surface area contributed by atoms with Gasteiger partial charge in [-0.05, 0) is 17.1 Å². The van der Waals surface area contributed by atoms with Crippen molar-refractivity contribution >= 4 is 23.4 Å². The summed E-state index contributed by atoms with van der Waals surface area (Å²) in [5.41, 5.74) is 5.99. The standard InChI is InChI=1S/C8H7ClN6O2/c9-5-1-2-7(10)12-6(5)3-14-4-11-8(13-14)15(16)17/h1-2,4H,3H2,(H2,10,12). The Labute approximate surface area is 100 Å². The van der Waals surface area contributed by atoms with E-state index in [1.54, 1.807) is 12.1 Å². The zero-order chi connectivity index (χ0) is 12.4. The third-order valence-corrected chi connectivity index (χ3v) is 2.28. The van der Waals surface area contributed by atoms with E-state index in [-0.39, 0.29) is 6.54 Å². The first-order valence-electron chi connectivity index (χ1n) is 4.51. The Morgan fingerprint density at radius 3 is 2.94 bits per heavy atom. The van der Waals surface area contributed by atoms with Gasteiger partial charge in [0.25, 0.3) is 0 Å². The number of hydrogen-bond acceptors (Lipinski definition) is 6. The van der Waals surface area contributed by atoms with Crippen LogP contribution in [0.4, 0.5) is 11.8 Å². The highest BCUT2D eigenvalue weighted by Gasteiger charge is 2.14. The number of hydrogen-bond donors (Lipinski definition) is 1. The molecule has 8 nitrogen and oxygen atoms in total. The fraction of sp³-hybridized carbons (Fsp3) is 0.125. The molecule has 0 saturated carbocycles. The van der Waals surface area contributed by atoms with Gasteiger partial charge in [0.2, 0.25) is 6.33 Å². The van der Waals surface area contributed by atoms with Crippen molar-refractivity contribution in [1.82, 2.24) is 19.7 Å². The largest absolute Gasteiger partial charge is 0.490 e. The van der Waals surface area contributed by atoms with Gasteiger partial charge in [-0.25, -0.2) is 4.98 Å². The van der Waals surface area contributed by atoms with Crippen LogP contribution in [-0.2, 0) is 6.54 Å². The van der Waals surface area contributed by atoms with Gasteiger partial charge in [-0.15, -0.1) is 0 Å². The summed E-state index contributed by atoms with van der Waals surface area (Å²) in [7, 11) is 0. The minimum Gasteiger partial charge on any atom is -0.390 e. The molecule has 0 fully saturated rings.